The number of morpholine rings is 1. The Morgan fingerprint density at radius 1 is 1.07 bits per heavy atom. The lowest BCUT2D eigenvalue weighted by Gasteiger charge is -2.37. The molecule has 0 aliphatic carbocycles. The largest absolute Gasteiger partial charge is 0.444 e. The summed E-state index contributed by atoms with van der Waals surface area (Å²) in [6.07, 6.45) is 0.843. The Labute approximate surface area is 170 Å². The van der Waals surface area contributed by atoms with Gasteiger partial charge in [-0.15, -0.1) is 0 Å². The SMILES string of the molecule is CC(C)CC(CN=C(N)N1CCN(C(=O)OC(C)(C)C)CC1)N1CCOCC1. The van der Waals surface area contributed by atoms with Crippen LogP contribution >= 0.6 is 0 Å². The topological polar surface area (TPSA) is 83.6 Å². The number of rotatable bonds is 5. The Kier molecular flexibility index (Phi) is 8.37. The van der Waals surface area contributed by atoms with Gasteiger partial charge >= 0.3 is 6.09 Å². The second kappa shape index (κ2) is 10.3. The molecule has 0 aromatic heterocycles. The van der Waals surface area contributed by atoms with Crippen LogP contribution in [0.4, 0.5) is 4.79 Å². The van der Waals surface area contributed by atoms with E-state index in [4.69, 9.17) is 20.2 Å². The summed E-state index contributed by atoms with van der Waals surface area (Å²) in [4.78, 5) is 23.2. The average Bonchev–Trinajstić information content (AvgIpc) is 2.64. The van der Waals surface area contributed by atoms with Gasteiger partial charge in [-0.25, -0.2) is 4.79 Å². The van der Waals surface area contributed by atoms with Crippen LogP contribution in [0, 0.1) is 5.92 Å². The molecule has 8 nitrogen and oxygen atoms in total. The highest BCUT2D eigenvalue weighted by Gasteiger charge is 2.27. The number of aliphatic imine (C=N–C) groups is 1. The standard InChI is InChI=1S/C20H39N5O3/c1-16(2)14-17(23-10-12-27-13-11-23)15-22-18(21)24-6-8-25(9-7-24)19(26)28-20(3,4)5/h16-17H,6-15H2,1-5H3,(H2,21,22). The molecule has 2 rings (SSSR count). The molecule has 1 amide bonds. The molecule has 1 unspecified atom stereocenters. The molecule has 162 valence electrons. The molecule has 0 aromatic carbocycles. The monoisotopic (exact) mass is 397 g/mol. The van der Waals surface area contributed by atoms with Gasteiger partial charge in [0.25, 0.3) is 0 Å². The summed E-state index contributed by atoms with van der Waals surface area (Å²) in [5.74, 6) is 1.19. The van der Waals surface area contributed by atoms with Crippen molar-refractivity contribution in [2.75, 3.05) is 59.0 Å². The summed E-state index contributed by atoms with van der Waals surface area (Å²) < 4.78 is 10.9. The normalized spacial score (nSPS) is 21.1. The van der Waals surface area contributed by atoms with Crippen LogP contribution in [0.3, 0.4) is 0 Å². The Balaban J connectivity index is 1.86. The lowest BCUT2D eigenvalue weighted by atomic mass is 10.0. The first-order valence-electron chi connectivity index (χ1n) is 10.5. The van der Waals surface area contributed by atoms with E-state index in [9.17, 15) is 4.79 Å². The predicted octanol–water partition coefficient (Wildman–Crippen LogP) is 1.60. The quantitative estimate of drug-likeness (QED) is 0.560. The van der Waals surface area contributed by atoms with Gasteiger partial charge in [0.2, 0.25) is 0 Å². The van der Waals surface area contributed by atoms with Crippen LogP contribution in [0.5, 0.6) is 0 Å². The van der Waals surface area contributed by atoms with E-state index in [2.05, 4.69) is 23.6 Å². The highest BCUT2D eigenvalue weighted by Crippen LogP contribution is 2.15. The van der Waals surface area contributed by atoms with Gasteiger partial charge in [0.05, 0.1) is 19.8 Å². The van der Waals surface area contributed by atoms with Gasteiger partial charge in [-0.05, 0) is 33.1 Å². The number of carbonyl (C=O) groups excluding carboxylic acids is 1. The molecule has 2 saturated heterocycles. The van der Waals surface area contributed by atoms with E-state index in [0.717, 1.165) is 32.7 Å². The van der Waals surface area contributed by atoms with Gasteiger partial charge in [0, 0.05) is 45.3 Å². The second-order valence-electron chi connectivity index (χ2n) is 9.09. The summed E-state index contributed by atoms with van der Waals surface area (Å²) in [6, 6.07) is 0.394. The van der Waals surface area contributed by atoms with E-state index in [1.54, 1.807) is 4.90 Å². The molecule has 2 fully saturated rings. The van der Waals surface area contributed by atoms with Gasteiger partial charge in [0.15, 0.2) is 5.96 Å². The number of carbonyl (C=O) groups is 1. The first kappa shape index (κ1) is 22.7. The van der Waals surface area contributed by atoms with Gasteiger partial charge in [0.1, 0.15) is 5.60 Å². The van der Waals surface area contributed by atoms with Crippen LogP contribution in [-0.4, -0.2) is 97.4 Å². The average molecular weight is 398 g/mol. The number of nitrogens with zero attached hydrogens (tertiary/aromatic N) is 4. The number of ether oxygens (including phenoxy) is 2. The minimum atomic E-state index is -0.473. The summed E-state index contributed by atoms with van der Waals surface area (Å²) in [5, 5.41) is 0. The van der Waals surface area contributed by atoms with Crippen molar-refractivity contribution in [2.45, 2.75) is 52.7 Å². The third-order valence-electron chi connectivity index (χ3n) is 5.02. The molecule has 0 saturated carbocycles. The molecular weight excluding hydrogens is 358 g/mol. The zero-order valence-corrected chi connectivity index (χ0v) is 18.3. The minimum absolute atomic E-state index is 0.257. The molecule has 0 spiro atoms. The van der Waals surface area contributed by atoms with Crippen LogP contribution in [0.25, 0.3) is 0 Å². The van der Waals surface area contributed by atoms with Crippen molar-refractivity contribution in [1.82, 2.24) is 14.7 Å². The summed E-state index contributed by atoms with van der Waals surface area (Å²) in [5.41, 5.74) is 5.81. The third kappa shape index (κ3) is 7.47. The molecule has 2 N–H and O–H groups in total. The fourth-order valence-electron chi connectivity index (χ4n) is 3.57. The van der Waals surface area contributed by atoms with Crippen molar-refractivity contribution in [1.29, 1.82) is 0 Å². The number of guanidine groups is 1. The molecule has 28 heavy (non-hydrogen) atoms. The van der Waals surface area contributed by atoms with Crippen molar-refractivity contribution in [3.63, 3.8) is 0 Å². The molecule has 0 bridgehead atoms. The molecule has 0 aromatic rings. The minimum Gasteiger partial charge on any atom is -0.444 e. The second-order valence-corrected chi connectivity index (χ2v) is 9.09. The van der Waals surface area contributed by atoms with E-state index < -0.39 is 5.60 Å². The maximum absolute atomic E-state index is 12.2. The highest BCUT2D eigenvalue weighted by molar-refractivity contribution is 5.78. The van der Waals surface area contributed by atoms with Crippen LogP contribution in [0.15, 0.2) is 4.99 Å². The number of piperazine rings is 1. The van der Waals surface area contributed by atoms with Crippen molar-refractivity contribution >= 4 is 12.1 Å². The Hall–Kier alpha value is -1.54. The lowest BCUT2D eigenvalue weighted by Crippen LogP contribution is -2.53. The molecule has 0 radical (unpaired) electrons. The van der Waals surface area contributed by atoms with Crippen LogP contribution in [0.1, 0.15) is 41.0 Å². The number of hydrogen-bond acceptors (Lipinski definition) is 5. The van der Waals surface area contributed by atoms with Crippen molar-refractivity contribution < 1.29 is 14.3 Å². The van der Waals surface area contributed by atoms with Gasteiger partial charge in [-0.1, -0.05) is 13.8 Å². The zero-order chi connectivity index (χ0) is 20.7. The molecule has 2 aliphatic rings. The maximum atomic E-state index is 12.2. The maximum Gasteiger partial charge on any atom is 0.410 e. The Morgan fingerprint density at radius 3 is 2.18 bits per heavy atom. The third-order valence-corrected chi connectivity index (χ3v) is 5.02. The molecule has 8 heteroatoms. The highest BCUT2D eigenvalue weighted by atomic mass is 16.6. The van der Waals surface area contributed by atoms with Gasteiger partial charge < -0.3 is 25.0 Å². The van der Waals surface area contributed by atoms with Crippen molar-refractivity contribution in [3.05, 3.63) is 0 Å². The van der Waals surface area contributed by atoms with Crippen LogP contribution < -0.4 is 5.73 Å². The van der Waals surface area contributed by atoms with E-state index in [1.807, 2.05) is 20.8 Å². The first-order chi connectivity index (χ1) is 13.2. The fraction of sp³-hybridized carbons (Fsp3) is 0.900. The first-order valence-corrected chi connectivity index (χ1v) is 10.5. The number of amides is 1. The summed E-state index contributed by atoms with van der Waals surface area (Å²) in [7, 11) is 0. The van der Waals surface area contributed by atoms with Crippen LogP contribution in [0.2, 0.25) is 0 Å². The molecular formula is C20H39N5O3. The predicted molar refractivity (Wildman–Crippen MR) is 112 cm³/mol. The van der Waals surface area contributed by atoms with Crippen LogP contribution in [-0.2, 0) is 9.47 Å². The smallest absolute Gasteiger partial charge is 0.410 e. The van der Waals surface area contributed by atoms with E-state index in [0.29, 0.717) is 50.6 Å². The summed E-state index contributed by atoms with van der Waals surface area (Å²) in [6.45, 7) is 16.9. The van der Waals surface area contributed by atoms with E-state index >= 15 is 0 Å². The molecule has 2 aliphatic heterocycles. The van der Waals surface area contributed by atoms with Crippen molar-refractivity contribution in [2.24, 2.45) is 16.6 Å². The Morgan fingerprint density at radius 2 is 1.64 bits per heavy atom. The molecule has 1 atom stereocenters. The van der Waals surface area contributed by atoms with Gasteiger partial charge in [-0.3, -0.25) is 9.89 Å². The zero-order valence-electron chi connectivity index (χ0n) is 18.3. The van der Waals surface area contributed by atoms with Crippen molar-refractivity contribution in [3.8, 4) is 0 Å². The fourth-order valence-corrected chi connectivity index (χ4v) is 3.57. The summed E-state index contributed by atoms with van der Waals surface area (Å²) >= 11 is 0. The van der Waals surface area contributed by atoms with Gasteiger partial charge in [-0.2, -0.15) is 0 Å². The van der Waals surface area contributed by atoms with E-state index in [-0.39, 0.29) is 6.09 Å². The number of nitrogens with two attached hydrogens (primary N) is 1. The Bertz CT molecular complexity index is 518. The van der Waals surface area contributed by atoms with E-state index in [1.165, 1.54) is 0 Å². The number of hydrogen-bond donors (Lipinski definition) is 1. The molecule has 2 heterocycles. The lowest BCUT2D eigenvalue weighted by molar-refractivity contribution is 0.0140.